The summed E-state index contributed by atoms with van der Waals surface area (Å²) in [7, 11) is 0. The third-order valence-corrected chi connectivity index (χ3v) is 2.40. The highest BCUT2D eigenvalue weighted by Gasteiger charge is 2.03. The Morgan fingerprint density at radius 3 is 1.69 bits per heavy atom. The van der Waals surface area contributed by atoms with Gasteiger partial charge in [0, 0.05) is 0 Å². The molecule has 0 aliphatic heterocycles. The minimum absolute atomic E-state index is 1.16. The molecule has 0 radical (unpaired) electrons. The van der Waals surface area contributed by atoms with Crippen LogP contribution >= 0.6 is 0 Å². The van der Waals surface area contributed by atoms with E-state index in [-0.39, 0.29) is 0 Å². The molecule has 0 saturated carbocycles. The van der Waals surface area contributed by atoms with Crippen LogP contribution in [0.5, 0.6) is 0 Å². The van der Waals surface area contributed by atoms with Crippen LogP contribution in [0, 0.1) is 0 Å². The van der Waals surface area contributed by atoms with Crippen LogP contribution < -0.4 is 0 Å². The van der Waals surface area contributed by atoms with Crippen LogP contribution in [0.1, 0.15) is 27.7 Å². The highest BCUT2D eigenvalue weighted by atomic mass is 14.1. The van der Waals surface area contributed by atoms with Crippen molar-refractivity contribution in [3.63, 3.8) is 0 Å². The standard InChI is InChI=1S/C16H22/c1-7-11-14(6)15(10-4)16(12-8-2)13(5)9-3/h7-12H,3-4H2,1-2,5-6H3/b11-7-,12-8-,15-14-,16-13-. The minimum Gasteiger partial charge on any atom is -0.0988 e. The largest absolute Gasteiger partial charge is 0.0988 e. The Bertz CT molecular complexity index is 371. The number of allylic oxidation sites excluding steroid dienone is 10. The maximum Gasteiger partial charge on any atom is -0.0156 e. The second-order valence-electron chi connectivity index (χ2n) is 3.60. The van der Waals surface area contributed by atoms with Gasteiger partial charge in [-0.3, -0.25) is 0 Å². The number of rotatable bonds is 5. The van der Waals surface area contributed by atoms with E-state index in [1.54, 1.807) is 0 Å². The summed E-state index contributed by atoms with van der Waals surface area (Å²) in [6, 6.07) is 0. The first kappa shape index (κ1) is 14.4. The summed E-state index contributed by atoms with van der Waals surface area (Å²) in [4.78, 5) is 0. The molecule has 0 unspecified atom stereocenters. The van der Waals surface area contributed by atoms with Gasteiger partial charge in [0.2, 0.25) is 0 Å². The summed E-state index contributed by atoms with van der Waals surface area (Å²) < 4.78 is 0. The van der Waals surface area contributed by atoms with Gasteiger partial charge in [0.1, 0.15) is 0 Å². The van der Waals surface area contributed by atoms with Gasteiger partial charge in [0.05, 0.1) is 0 Å². The van der Waals surface area contributed by atoms with E-state index in [0.29, 0.717) is 0 Å². The second-order valence-corrected chi connectivity index (χ2v) is 3.60. The van der Waals surface area contributed by atoms with Gasteiger partial charge < -0.3 is 0 Å². The molecule has 0 atom stereocenters. The van der Waals surface area contributed by atoms with Crippen LogP contribution in [-0.4, -0.2) is 0 Å². The van der Waals surface area contributed by atoms with Crippen LogP contribution in [0.25, 0.3) is 0 Å². The van der Waals surface area contributed by atoms with Crippen molar-refractivity contribution in [3.8, 4) is 0 Å². The van der Waals surface area contributed by atoms with Crippen LogP contribution in [0.2, 0.25) is 0 Å². The second kappa shape index (κ2) is 7.70. The van der Waals surface area contributed by atoms with E-state index in [9.17, 15) is 0 Å². The molecule has 0 aromatic heterocycles. The van der Waals surface area contributed by atoms with Crippen molar-refractivity contribution >= 4 is 0 Å². The van der Waals surface area contributed by atoms with E-state index in [1.807, 2.05) is 38.2 Å². The van der Waals surface area contributed by atoms with E-state index >= 15 is 0 Å². The lowest BCUT2D eigenvalue weighted by atomic mass is 9.95. The van der Waals surface area contributed by atoms with E-state index in [4.69, 9.17) is 0 Å². The van der Waals surface area contributed by atoms with E-state index in [2.05, 4.69) is 39.2 Å². The zero-order chi connectivity index (χ0) is 12.6. The molecule has 0 amide bonds. The fraction of sp³-hybridized carbons (Fsp3) is 0.250. The molecule has 0 N–H and O–H groups in total. The summed E-state index contributed by atoms with van der Waals surface area (Å²) in [5.74, 6) is 0. The minimum atomic E-state index is 1.16. The molecule has 0 saturated heterocycles. The quantitative estimate of drug-likeness (QED) is 0.556. The van der Waals surface area contributed by atoms with Crippen molar-refractivity contribution in [2.45, 2.75) is 27.7 Å². The van der Waals surface area contributed by atoms with E-state index < -0.39 is 0 Å². The van der Waals surface area contributed by atoms with Gasteiger partial charge in [-0.1, -0.05) is 49.6 Å². The Morgan fingerprint density at radius 2 is 1.31 bits per heavy atom. The van der Waals surface area contributed by atoms with Crippen molar-refractivity contribution in [1.82, 2.24) is 0 Å². The van der Waals surface area contributed by atoms with E-state index in [0.717, 1.165) is 11.1 Å². The summed E-state index contributed by atoms with van der Waals surface area (Å²) >= 11 is 0. The van der Waals surface area contributed by atoms with Crippen molar-refractivity contribution in [3.05, 3.63) is 71.9 Å². The predicted octanol–water partition coefficient (Wildman–Crippen LogP) is 5.14. The predicted molar refractivity (Wildman–Crippen MR) is 75.4 cm³/mol. The maximum atomic E-state index is 3.89. The van der Waals surface area contributed by atoms with Gasteiger partial charge in [-0.25, -0.2) is 0 Å². The molecule has 0 heteroatoms. The third-order valence-electron chi connectivity index (χ3n) is 2.40. The molecule has 0 spiro atoms. The molecule has 0 aliphatic rings. The summed E-state index contributed by atoms with van der Waals surface area (Å²) in [5, 5.41) is 0. The maximum absolute atomic E-state index is 3.89. The molecule has 0 bridgehead atoms. The average molecular weight is 214 g/mol. The van der Waals surface area contributed by atoms with Crippen LogP contribution in [0.4, 0.5) is 0 Å². The SMILES string of the molecule is C=C/C(C)=C(/C=C\C)C(\C=C)=C(C)/C=C\C. The topological polar surface area (TPSA) is 0 Å². The molecular weight excluding hydrogens is 192 g/mol. The molecule has 0 nitrogen and oxygen atoms in total. The summed E-state index contributed by atoms with van der Waals surface area (Å²) in [6.45, 7) is 15.9. The molecule has 0 rings (SSSR count). The highest BCUT2D eigenvalue weighted by Crippen LogP contribution is 2.22. The fourth-order valence-corrected chi connectivity index (χ4v) is 1.53. The molecular formula is C16H22. The van der Waals surface area contributed by atoms with Gasteiger partial charge >= 0.3 is 0 Å². The van der Waals surface area contributed by atoms with Crippen molar-refractivity contribution < 1.29 is 0 Å². The first-order valence-electron chi connectivity index (χ1n) is 5.54. The van der Waals surface area contributed by atoms with Crippen molar-refractivity contribution in [1.29, 1.82) is 0 Å². The Kier molecular flexibility index (Phi) is 6.95. The summed E-state index contributed by atoms with van der Waals surface area (Å²) in [6.07, 6.45) is 12.0. The van der Waals surface area contributed by atoms with Gasteiger partial charge in [0.25, 0.3) is 0 Å². The average Bonchev–Trinajstić information content (AvgIpc) is 2.28. The van der Waals surface area contributed by atoms with Crippen molar-refractivity contribution in [2.75, 3.05) is 0 Å². The van der Waals surface area contributed by atoms with Crippen LogP contribution in [-0.2, 0) is 0 Å². The summed E-state index contributed by atoms with van der Waals surface area (Å²) in [5.41, 5.74) is 4.72. The van der Waals surface area contributed by atoms with Crippen molar-refractivity contribution in [2.24, 2.45) is 0 Å². The Morgan fingerprint density at radius 1 is 0.750 bits per heavy atom. The van der Waals surface area contributed by atoms with Gasteiger partial charge in [-0.2, -0.15) is 0 Å². The lowest BCUT2D eigenvalue weighted by Crippen LogP contribution is -1.90. The lowest BCUT2D eigenvalue weighted by Gasteiger charge is -2.09. The zero-order valence-electron chi connectivity index (χ0n) is 10.9. The highest BCUT2D eigenvalue weighted by molar-refractivity contribution is 5.54. The molecule has 86 valence electrons. The molecule has 0 heterocycles. The molecule has 0 aromatic rings. The van der Waals surface area contributed by atoms with Crippen LogP contribution in [0.3, 0.4) is 0 Å². The molecule has 16 heavy (non-hydrogen) atoms. The van der Waals surface area contributed by atoms with Gasteiger partial charge in [0.15, 0.2) is 0 Å². The van der Waals surface area contributed by atoms with Gasteiger partial charge in [-0.05, 0) is 50.0 Å². The Labute approximate surface area is 100 Å². The van der Waals surface area contributed by atoms with Crippen LogP contribution in [0.15, 0.2) is 71.9 Å². The normalized spacial score (nSPS) is 15.0. The Hall–Kier alpha value is -1.56. The first-order valence-corrected chi connectivity index (χ1v) is 5.54. The molecule has 0 fully saturated rings. The zero-order valence-corrected chi connectivity index (χ0v) is 10.9. The lowest BCUT2D eigenvalue weighted by molar-refractivity contribution is 1.34. The van der Waals surface area contributed by atoms with Gasteiger partial charge in [-0.15, -0.1) is 0 Å². The number of hydrogen-bond donors (Lipinski definition) is 0. The van der Waals surface area contributed by atoms with E-state index in [1.165, 1.54) is 11.1 Å². The molecule has 0 aliphatic carbocycles. The first-order chi connectivity index (χ1) is 7.62. The Balaban J connectivity index is 5.77. The smallest absolute Gasteiger partial charge is 0.0156 e. The monoisotopic (exact) mass is 214 g/mol. The number of hydrogen-bond acceptors (Lipinski definition) is 0. The third kappa shape index (κ3) is 3.90. The fourth-order valence-electron chi connectivity index (χ4n) is 1.53. The molecule has 0 aromatic carbocycles.